The van der Waals surface area contributed by atoms with Gasteiger partial charge in [0.2, 0.25) is 0 Å². The zero-order chi connectivity index (χ0) is 10.9. The summed E-state index contributed by atoms with van der Waals surface area (Å²) in [5.74, 6) is -0.973. The molecule has 1 aromatic rings. The predicted octanol–water partition coefficient (Wildman–Crippen LogP) is 0.231. The van der Waals surface area contributed by atoms with Crippen molar-refractivity contribution in [2.45, 2.75) is 19.4 Å². The van der Waals surface area contributed by atoms with E-state index >= 15 is 0 Å². The largest absolute Gasteiger partial charge is 0.480 e. The van der Waals surface area contributed by atoms with E-state index in [4.69, 9.17) is 16.6 Å². The summed E-state index contributed by atoms with van der Waals surface area (Å²) in [6.07, 6.45) is 1.57. The highest BCUT2D eigenvalue weighted by molar-refractivity contribution is 5.81. The van der Waals surface area contributed by atoms with Crippen LogP contribution >= 0.6 is 0 Å². The average molecular weight is 195 g/mol. The first-order valence-electron chi connectivity index (χ1n) is 4.10. The molecule has 0 radical (unpaired) electrons. The van der Waals surface area contributed by atoms with E-state index in [0.29, 0.717) is 5.56 Å². The van der Waals surface area contributed by atoms with Crippen molar-refractivity contribution in [1.29, 1.82) is 0 Å². The van der Waals surface area contributed by atoms with Crippen LogP contribution < -0.4 is 11.5 Å². The number of aryl methyl sites for hydroxylation is 1. The lowest BCUT2D eigenvalue weighted by molar-refractivity contribution is -0.143. The van der Waals surface area contributed by atoms with Gasteiger partial charge >= 0.3 is 5.97 Å². The van der Waals surface area contributed by atoms with Crippen LogP contribution in [-0.4, -0.2) is 16.1 Å². The summed E-state index contributed by atoms with van der Waals surface area (Å²) in [4.78, 5) is 14.7. The van der Waals surface area contributed by atoms with Crippen LogP contribution in [-0.2, 0) is 10.3 Å². The summed E-state index contributed by atoms with van der Waals surface area (Å²) in [5.41, 5.74) is 10.9. The van der Waals surface area contributed by atoms with Crippen LogP contribution in [0.1, 0.15) is 18.1 Å². The van der Waals surface area contributed by atoms with Gasteiger partial charge in [0.25, 0.3) is 0 Å². The third-order valence-electron chi connectivity index (χ3n) is 2.06. The Bertz CT molecular complexity index is 374. The van der Waals surface area contributed by atoms with Crippen LogP contribution in [0.2, 0.25) is 0 Å². The summed E-state index contributed by atoms with van der Waals surface area (Å²) in [6, 6.07) is 1.64. The number of pyridine rings is 1. The van der Waals surface area contributed by atoms with Crippen LogP contribution in [0.3, 0.4) is 0 Å². The molecule has 0 aliphatic rings. The summed E-state index contributed by atoms with van der Waals surface area (Å²) in [6.45, 7) is 3.19. The van der Waals surface area contributed by atoms with E-state index in [-0.39, 0.29) is 5.82 Å². The number of carboxylic acids is 1. The lowest BCUT2D eigenvalue weighted by Gasteiger charge is -2.21. The Kier molecular flexibility index (Phi) is 2.44. The molecule has 0 aliphatic carbocycles. The van der Waals surface area contributed by atoms with Gasteiger partial charge in [-0.05, 0) is 25.5 Å². The summed E-state index contributed by atoms with van der Waals surface area (Å²) < 4.78 is 0. The number of rotatable bonds is 2. The zero-order valence-corrected chi connectivity index (χ0v) is 8.11. The second-order valence-corrected chi connectivity index (χ2v) is 3.45. The summed E-state index contributed by atoms with van der Waals surface area (Å²) in [7, 11) is 0. The Labute approximate surface area is 81.7 Å². The monoisotopic (exact) mass is 195 g/mol. The number of hydrogen-bond acceptors (Lipinski definition) is 4. The smallest absolute Gasteiger partial charge is 0.328 e. The normalized spacial score (nSPS) is 14.8. The molecule has 1 rings (SSSR count). The molecule has 5 heteroatoms. The number of hydrogen-bond donors (Lipinski definition) is 3. The number of nitrogen functional groups attached to an aromatic ring is 1. The maximum Gasteiger partial charge on any atom is 0.328 e. The molecule has 0 aromatic carbocycles. The van der Waals surface area contributed by atoms with E-state index in [9.17, 15) is 4.79 Å². The van der Waals surface area contributed by atoms with Crippen LogP contribution in [0.15, 0.2) is 12.3 Å². The first kappa shape index (κ1) is 10.5. The number of carbonyl (C=O) groups is 1. The topological polar surface area (TPSA) is 102 Å². The first-order valence-corrected chi connectivity index (χ1v) is 4.10. The molecule has 0 bridgehead atoms. The molecule has 0 saturated carbocycles. The number of nitrogens with zero attached hydrogens (tertiary/aromatic N) is 1. The minimum Gasteiger partial charge on any atom is -0.480 e. The average Bonchev–Trinajstić information content (AvgIpc) is 2.08. The minimum atomic E-state index is -1.50. The molecule has 1 heterocycles. The van der Waals surface area contributed by atoms with Crippen molar-refractivity contribution in [3.63, 3.8) is 0 Å². The minimum absolute atomic E-state index is 0.156. The fraction of sp³-hybridized carbons (Fsp3) is 0.333. The van der Waals surface area contributed by atoms with Gasteiger partial charge in [-0.1, -0.05) is 0 Å². The standard InChI is InChI=1S/C9H13N3O2/c1-5-3-6(7(10)12-4-5)9(2,11)8(13)14/h3-4H,11H2,1-2H3,(H2,10,12)(H,13,14)/t9-/m0/s1. The summed E-state index contributed by atoms with van der Waals surface area (Å²) in [5, 5.41) is 8.90. The maximum absolute atomic E-state index is 10.9. The van der Waals surface area contributed by atoms with Crippen LogP contribution in [0, 0.1) is 6.92 Å². The maximum atomic E-state index is 10.9. The van der Waals surface area contributed by atoms with E-state index in [1.165, 1.54) is 6.92 Å². The number of nitrogens with two attached hydrogens (primary N) is 2. The third-order valence-corrected chi connectivity index (χ3v) is 2.06. The molecule has 76 valence electrons. The highest BCUT2D eigenvalue weighted by atomic mass is 16.4. The van der Waals surface area contributed by atoms with E-state index in [2.05, 4.69) is 4.98 Å². The lowest BCUT2D eigenvalue weighted by atomic mass is 9.93. The molecule has 5 N–H and O–H groups in total. The van der Waals surface area contributed by atoms with E-state index < -0.39 is 11.5 Å². The molecule has 1 atom stereocenters. The van der Waals surface area contributed by atoms with Crippen molar-refractivity contribution in [2.75, 3.05) is 5.73 Å². The second kappa shape index (κ2) is 3.26. The Morgan fingerprint density at radius 1 is 1.64 bits per heavy atom. The Hall–Kier alpha value is -1.62. The number of anilines is 1. The molecule has 1 aromatic heterocycles. The van der Waals surface area contributed by atoms with Gasteiger partial charge in [-0.2, -0.15) is 0 Å². The van der Waals surface area contributed by atoms with Gasteiger partial charge in [0.05, 0.1) is 0 Å². The van der Waals surface area contributed by atoms with E-state index in [1.54, 1.807) is 19.2 Å². The molecule has 0 unspecified atom stereocenters. The Morgan fingerprint density at radius 2 is 2.21 bits per heavy atom. The second-order valence-electron chi connectivity index (χ2n) is 3.45. The van der Waals surface area contributed by atoms with Gasteiger partial charge in [-0.15, -0.1) is 0 Å². The zero-order valence-electron chi connectivity index (χ0n) is 8.11. The van der Waals surface area contributed by atoms with E-state index in [1.807, 2.05) is 0 Å². The fourth-order valence-corrected chi connectivity index (χ4v) is 1.11. The molecular formula is C9H13N3O2. The number of aliphatic carboxylic acids is 1. The molecule has 0 saturated heterocycles. The lowest BCUT2D eigenvalue weighted by Crippen LogP contribution is -2.42. The van der Waals surface area contributed by atoms with Crippen LogP contribution in [0.5, 0.6) is 0 Å². The van der Waals surface area contributed by atoms with Gasteiger partial charge in [-0.25, -0.2) is 9.78 Å². The first-order chi connectivity index (χ1) is 6.35. The van der Waals surface area contributed by atoms with Crippen LogP contribution in [0.4, 0.5) is 5.82 Å². The SMILES string of the molecule is Cc1cnc(N)c([C@](C)(N)C(=O)O)c1. The van der Waals surface area contributed by atoms with Gasteiger partial charge in [-0.3, -0.25) is 0 Å². The highest BCUT2D eigenvalue weighted by Crippen LogP contribution is 2.23. The molecule has 0 amide bonds. The van der Waals surface area contributed by atoms with Crippen molar-refractivity contribution in [3.8, 4) is 0 Å². The van der Waals surface area contributed by atoms with Crippen molar-refractivity contribution in [1.82, 2.24) is 4.98 Å². The van der Waals surface area contributed by atoms with Gasteiger partial charge < -0.3 is 16.6 Å². The Balaban J connectivity index is 3.31. The number of aromatic nitrogens is 1. The molecule has 5 nitrogen and oxygen atoms in total. The van der Waals surface area contributed by atoms with Crippen molar-refractivity contribution >= 4 is 11.8 Å². The molecule has 0 spiro atoms. The number of carboxylic acid groups (broad SMARTS) is 1. The molecular weight excluding hydrogens is 182 g/mol. The van der Waals surface area contributed by atoms with Crippen molar-refractivity contribution in [3.05, 3.63) is 23.4 Å². The Morgan fingerprint density at radius 3 is 2.71 bits per heavy atom. The fourth-order valence-electron chi connectivity index (χ4n) is 1.11. The van der Waals surface area contributed by atoms with Crippen LogP contribution in [0.25, 0.3) is 0 Å². The molecule has 0 aliphatic heterocycles. The van der Waals surface area contributed by atoms with Gasteiger partial charge in [0, 0.05) is 11.8 Å². The quantitative estimate of drug-likeness (QED) is 0.627. The summed E-state index contributed by atoms with van der Waals surface area (Å²) >= 11 is 0. The van der Waals surface area contributed by atoms with Gasteiger partial charge in [0.15, 0.2) is 0 Å². The third kappa shape index (κ3) is 1.67. The van der Waals surface area contributed by atoms with Crippen molar-refractivity contribution < 1.29 is 9.90 Å². The highest BCUT2D eigenvalue weighted by Gasteiger charge is 2.32. The predicted molar refractivity (Wildman–Crippen MR) is 52.6 cm³/mol. The van der Waals surface area contributed by atoms with Gasteiger partial charge in [0.1, 0.15) is 11.4 Å². The molecule has 14 heavy (non-hydrogen) atoms. The van der Waals surface area contributed by atoms with Crippen molar-refractivity contribution in [2.24, 2.45) is 5.73 Å². The molecule has 0 fully saturated rings. The van der Waals surface area contributed by atoms with E-state index in [0.717, 1.165) is 5.56 Å².